The molecule has 4 rings (SSSR count). The minimum Gasteiger partial charge on any atom is -0.301 e. The van der Waals surface area contributed by atoms with Gasteiger partial charge in [0.2, 0.25) is 0 Å². The smallest absolute Gasteiger partial charge is 0.156 e. The number of hydrogen-bond acceptors (Lipinski definition) is 6. The van der Waals surface area contributed by atoms with Crippen molar-refractivity contribution in [1.29, 1.82) is 0 Å². The Morgan fingerprint density at radius 2 is 2.00 bits per heavy atom. The lowest BCUT2D eigenvalue weighted by atomic mass is 10.0. The molecular weight excluding hydrogens is 362 g/mol. The van der Waals surface area contributed by atoms with Crippen molar-refractivity contribution in [3.8, 4) is 10.6 Å². The molecule has 1 fully saturated rings. The van der Waals surface area contributed by atoms with Gasteiger partial charge in [-0.15, -0.1) is 22.7 Å². The normalized spacial score (nSPS) is 19.8. The van der Waals surface area contributed by atoms with Crippen LogP contribution in [0.5, 0.6) is 0 Å². The fourth-order valence-electron chi connectivity index (χ4n) is 3.48. The lowest BCUT2D eigenvalue weighted by molar-refractivity contribution is -0.120. The number of carbonyl (C=O) groups is 1. The second-order valence-electron chi connectivity index (χ2n) is 6.68. The van der Waals surface area contributed by atoms with Gasteiger partial charge in [0.05, 0.1) is 33.7 Å². The number of nitrogens with one attached hydrogen (secondary N) is 1. The Morgan fingerprint density at radius 1 is 1.19 bits per heavy atom. The lowest BCUT2D eigenvalue weighted by Crippen LogP contribution is -2.33. The fraction of sp³-hybridized carbons (Fsp3) is 0.350. The van der Waals surface area contributed by atoms with Gasteiger partial charge >= 0.3 is 0 Å². The van der Waals surface area contributed by atoms with Crippen molar-refractivity contribution >= 4 is 28.5 Å². The number of aryl methyl sites for hydroxylation is 2. The van der Waals surface area contributed by atoms with Crippen molar-refractivity contribution in [3.05, 3.63) is 57.0 Å². The first-order valence-corrected chi connectivity index (χ1v) is 10.5. The Hall–Kier alpha value is -1.89. The summed E-state index contributed by atoms with van der Waals surface area (Å²) in [5.74, 6) is 0.238. The Labute approximate surface area is 161 Å². The summed E-state index contributed by atoms with van der Waals surface area (Å²) in [5, 5.41) is 7.47. The van der Waals surface area contributed by atoms with E-state index in [9.17, 15) is 4.79 Å². The zero-order chi connectivity index (χ0) is 18.1. The average Bonchev–Trinajstić information content (AvgIpc) is 3.35. The van der Waals surface area contributed by atoms with E-state index in [4.69, 9.17) is 0 Å². The van der Waals surface area contributed by atoms with Crippen LogP contribution < -0.4 is 5.32 Å². The van der Waals surface area contributed by atoms with Gasteiger partial charge in [-0.3, -0.25) is 4.79 Å². The molecule has 1 saturated heterocycles. The van der Waals surface area contributed by atoms with Gasteiger partial charge in [0.25, 0.3) is 0 Å². The standard InChI is InChI=1S/C20H21N3OS2/c1-12-20(26-13(2)21-12)17-11-25-19(23-17)10-18(24)16-9-8-15(22-16)14-6-4-3-5-7-14/h3-7,11,15-16,22H,8-10H2,1-2H3/t15-,16+/m1/s1. The molecule has 0 amide bonds. The van der Waals surface area contributed by atoms with E-state index in [2.05, 4.69) is 27.4 Å². The number of rotatable bonds is 5. The molecular formula is C20H21N3OS2. The van der Waals surface area contributed by atoms with Crippen LogP contribution in [-0.4, -0.2) is 21.8 Å². The molecule has 1 aliphatic heterocycles. The van der Waals surface area contributed by atoms with E-state index >= 15 is 0 Å². The van der Waals surface area contributed by atoms with Crippen LogP contribution in [0.1, 0.15) is 40.2 Å². The summed E-state index contributed by atoms with van der Waals surface area (Å²) in [6.45, 7) is 4.02. The minimum atomic E-state index is -0.0695. The minimum absolute atomic E-state index is 0.0695. The van der Waals surface area contributed by atoms with Gasteiger partial charge < -0.3 is 5.32 Å². The molecule has 0 unspecified atom stereocenters. The molecule has 2 atom stereocenters. The molecule has 3 heterocycles. The van der Waals surface area contributed by atoms with Gasteiger partial charge in [-0.05, 0) is 32.3 Å². The number of nitrogens with zero attached hydrogens (tertiary/aromatic N) is 2. The second-order valence-corrected chi connectivity index (χ2v) is 8.82. The highest BCUT2D eigenvalue weighted by atomic mass is 32.1. The molecule has 2 aromatic heterocycles. The third-order valence-electron chi connectivity index (χ3n) is 4.75. The predicted molar refractivity (Wildman–Crippen MR) is 107 cm³/mol. The highest BCUT2D eigenvalue weighted by molar-refractivity contribution is 7.16. The van der Waals surface area contributed by atoms with Crippen molar-refractivity contribution < 1.29 is 4.79 Å². The van der Waals surface area contributed by atoms with Crippen LogP contribution >= 0.6 is 22.7 Å². The Kier molecular flexibility index (Phi) is 4.98. The molecule has 1 N–H and O–H groups in total. The molecule has 0 saturated carbocycles. The molecule has 1 aliphatic rings. The zero-order valence-electron chi connectivity index (χ0n) is 14.9. The predicted octanol–water partition coefficient (Wildman–Crippen LogP) is 4.49. The summed E-state index contributed by atoms with van der Waals surface area (Å²) >= 11 is 3.22. The number of hydrogen-bond donors (Lipinski definition) is 1. The van der Waals surface area contributed by atoms with Crippen LogP contribution in [0.25, 0.3) is 10.6 Å². The Balaban J connectivity index is 1.41. The van der Waals surface area contributed by atoms with Crippen molar-refractivity contribution in [2.45, 2.75) is 45.2 Å². The van der Waals surface area contributed by atoms with Crippen molar-refractivity contribution in [3.63, 3.8) is 0 Å². The Bertz CT molecular complexity index is 916. The molecule has 26 heavy (non-hydrogen) atoms. The molecule has 1 aromatic carbocycles. The maximum atomic E-state index is 12.7. The van der Waals surface area contributed by atoms with Crippen LogP contribution in [0.3, 0.4) is 0 Å². The van der Waals surface area contributed by atoms with Crippen LogP contribution in [0.15, 0.2) is 35.7 Å². The SMILES string of the molecule is Cc1nc(C)c(-c2csc(CC(=O)[C@@H]3CC[C@H](c4ccccc4)N3)n2)s1. The monoisotopic (exact) mass is 383 g/mol. The van der Waals surface area contributed by atoms with Gasteiger partial charge in [-0.25, -0.2) is 9.97 Å². The molecule has 6 heteroatoms. The van der Waals surface area contributed by atoms with Crippen LogP contribution in [0.2, 0.25) is 0 Å². The molecule has 134 valence electrons. The molecule has 0 bridgehead atoms. The highest BCUT2D eigenvalue weighted by Gasteiger charge is 2.30. The van der Waals surface area contributed by atoms with Gasteiger partial charge in [-0.2, -0.15) is 0 Å². The number of thiazole rings is 2. The molecule has 0 radical (unpaired) electrons. The summed E-state index contributed by atoms with van der Waals surface area (Å²) in [7, 11) is 0. The van der Waals surface area contributed by atoms with E-state index < -0.39 is 0 Å². The van der Waals surface area contributed by atoms with Crippen molar-refractivity contribution in [1.82, 2.24) is 15.3 Å². The van der Waals surface area contributed by atoms with E-state index in [0.717, 1.165) is 39.1 Å². The van der Waals surface area contributed by atoms with E-state index in [1.807, 2.05) is 37.4 Å². The summed E-state index contributed by atoms with van der Waals surface area (Å²) in [5.41, 5.74) is 3.22. The van der Waals surface area contributed by atoms with Crippen LogP contribution in [-0.2, 0) is 11.2 Å². The van der Waals surface area contributed by atoms with Crippen LogP contribution in [0, 0.1) is 13.8 Å². The molecule has 0 spiro atoms. The highest BCUT2D eigenvalue weighted by Crippen LogP contribution is 2.31. The first-order chi connectivity index (χ1) is 12.6. The summed E-state index contributed by atoms with van der Waals surface area (Å²) in [6.07, 6.45) is 2.30. The quantitative estimate of drug-likeness (QED) is 0.705. The van der Waals surface area contributed by atoms with E-state index in [1.165, 1.54) is 5.56 Å². The first-order valence-electron chi connectivity index (χ1n) is 8.82. The summed E-state index contributed by atoms with van der Waals surface area (Å²) in [4.78, 5) is 23.0. The maximum absolute atomic E-state index is 12.7. The number of ketones is 1. The van der Waals surface area contributed by atoms with Gasteiger partial charge in [0, 0.05) is 11.4 Å². The molecule has 4 nitrogen and oxygen atoms in total. The third-order valence-corrected chi connectivity index (χ3v) is 6.69. The summed E-state index contributed by atoms with van der Waals surface area (Å²) < 4.78 is 0. The van der Waals surface area contributed by atoms with E-state index in [0.29, 0.717) is 6.42 Å². The lowest BCUT2D eigenvalue weighted by Gasteiger charge is -2.13. The number of benzene rings is 1. The topological polar surface area (TPSA) is 54.9 Å². The number of aromatic nitrogens is 2. The molecule has 3 aromatic rings. The fourth-order valence-corrected chi connectivity index (χ4v) is 5.23. The number of Topliss-reactive ketones (excluding diaryl/α,β-unsaturated/α-hetero) is 1. The van der Waals surface area contributed by atoms with Crippen molar-refractivity contribution in [2.75, 3.05) is 0 Å². The van der Waals surface area contributed by atoms with Gasteiger partial charge in [-0.1, -0.05) is 30.3 Å². The number of carbonyl (C=O) groups excluding carboxylic acids is 1. The van der Waals surface area contributed by atoms with E-state index in [-0.39, 0.29) is 17.9 Å². The average molecular weight is 384 g/mol. The van der Waals surface area contributed by atoms with Gasteiger partial charge in [0.15, 0.2) is 5.78 Å². The third kappa shape index (κ3) is 3.63. The van der Waals surface area contributed by atoms with Gasteiger partial charge in [0.1, 0.15) is 5.01 Å². The first kappa shape index (κ1) is 17.5. The zero-order valence-corrected chi connectivity index (χ0v) is 16.5. The second kappa shape index (κ2) is 7.39. The van der Waals surface area contributed by atoms with E-state index in [1.54, 1.807) is 22.7 Å². The van der Waals surface area contributed by atoms with Crippen LogP contribution in [0.4, 0.5) is 0 Å². The largest absolute Gasteiger partial charge is 0.301 e. The van der Waals surface area contributed by atoms with Crippen molar-refractivity contribution in [2.24, 2.45) is 0 Å². The maximum Gasteiger partial charge on any atom is 0.156 e. The summed E-state index contributed by atoms with van der Waals surface area (Å²) in [6, 6.07) is 10.6. The Morgan fingerprint density at radius 3 is 2.73 bits per heavy atom. The molecule has 0 aliphatic carbocycles.